The Hall–Kier alpha value is -0.910. The molecule has 1 aromatic rings. The van der Waals surface area contributed by atoms with Gasteiger partial charge in [0.15, 0.2) is 0 Å². The minimum Gasteiger partial charge on any atom is -0.166 e. The summed E-state index contributed by atoms with van der Waals surface area (Å²) in [5.74, 6) is -0.646. The second-order valence-electron chi connectivity index (χ2n) is 2.88. The predicted molar refractivity (Wildman–Crippen MR) is 44.8 cm³/mol. The Kier molecular flexibility index (Phi) is 3.42. The summed E-state index contributed by atoms with van der Waals surface area (Å²) >= 11 is 5.18. The molecule has 0 aliphatic carbocycles. The molecular weight excluding hydrogens is 258 g/mol. The van der Waals surface area contributed by atoms with Crippen molar-refractivity contribution < 1.29 is 26.3 Å². The molecule has 0 heterocycles. The van der Waals surface area contributed by atoms with Crippen molar-refractivity contribution in [3.05, 3.63) is 34.9 Å². The lowest BCUT2D eigenvalue weighted by molar-refractivity contribution is -0.162. The molecule has 1 aromatic carbocycles. The van der Waals surface area contributed by atoms with Crippen molar-refractivity contribution in [2.45, 2.75) is 18.2 Å². The lowest BCUT2D eigenvalue weighted by Crippen LogP contribution is -2.18. The van der Waals surface area contributed by atoms with Crippen LogP contribution in [0.5, 0.6) is 0 Å². The maximum Gasteiger partial charge on any atom is 0.417 e. The molecular formula is C9H4ClF6. The Bertz CT molecular complexity index is 379. The molecule has 0 bridgehead atoms. The molecule has 0 unspecified atom stereocenters. The summed E-state index contributed by atoms with van der Waals surface area (Å²) in [5.41, 5.74) is -4.21. The van der Waals surface area contributed by atoms with Crippen LogP contribution in [0.15, 0.2) is 12.1 Å². The van der Waals surface area contributed by atoms with Crippen LogP contribution in [0.25, 0.3) is 0 Å². The van der Waals surface area contributed by atoms with Gasteiger partial charge in [-0.05, 0) is 11.6 Å². The topological polar surface area (TPSA) is 0 Å². The van der Waals surface area contributed by atoms with Gasteiger partial charge in [0.05, 0.1) is 11.1 Å². The molecule has 7 heteroatoms. The lowest BCUT2D eigenvalue weighted by Gasteiger charge is -2.17. The Balaban J connectivity index is 3.51. The number of rotatable bonds is 1. The average Bonchev–Trinajstić information content (AvgIpc) is 2.13. The highest BCUT2D eigenvalue weighted by atomic mass is 35.5. The van der Waals surface area contributed by atoms with E-state index in [2.05, 4.69) is 0 Å². The normalized spacial score (nSPS) is 12.9. The molecule has 89 valence electrons. The first-order valence-corrected chi connectivity index (χ1v) is 4.45. The first-order valence-electron chi connectivity index (χ1n) is 3.92. The third-order valence-corrected chi connectivity index (χ3v) is 2.08. The third kappa shape index (κ3) is 2.61. The van der Waals surface area contributed by atoms with Crippen LogP contribution >= 0.6 is 11.6 Å². The van der Waals surface area contributed by atoms with E-state index in [1.54, 1.807) is 6.07 Å². The molecule has 0 amide bonds. The summed E-state index contributed by atoms with van der Waals surface area (Å²) in [7, 11) is 0. The van der Waals surface area contributed by atoms with Gasteiger partial charge in [-0.1, -0.05) is 12.1 Å². The van der Waals surface area contributed by atoms with E-state index in [1.807, 2.05) is 0 Å². The first-order chi connectivity index (χ1) is 7.18. The maximum atomic E-state index is 12.4. The van der Waals surface area contributed by atoms with Gasteiger partial charge in [-0.15, -0.1) is 11.6 Å². The van der Waals surface area contributed by atoms with Gasteiger partial charge in [-0.3, -0.25) is 0 Å². The molecule has 0 saturated carbocycles. The predicted octanol–water partition coefficient (Wildman–Crippen LogP) is 4.26. The highest BCUT2D eigenvalue weighted by Crippen LogP contribution is 2.41. The summed E-state index contributed by atoms with van der Waals surface area (Å²) in [6.45, 7) is 0. The second kappa shape index (κ2) is 4.16. The van der Waals surface area contributed by atoms with Crippen molar-refractivity contribution >= 4 is 11.6 Å². The molecule has 0 atom stereocenters. The number of hydrogen-bond donors (Lipinski definition) is 0. The van der Waals surface area contributed by atoms with E-state index >= 15 is 0 Å². The number of alkyl halides is 7. The van der Waals surface area contributed by atoms with Crippen LogP contribution < -0.4 is 0 Å². The highest BCUT2D eigenvalue weighted by Gasteiger charge is 2.44. The van der Waals surface area contributed by atoms with E-state index in [0.717, 1.165) is 12.1 Å². The monoisotopic (exact) mass is 261 g/mol. The van der Waals surface area contributed by atoms with Crippen molar-refractivity contribution in [1.82, 2.24) is 0 Å². The van der Waals surface area contributed by atoms with Gasteiger partial charge in [0.25, 0.3) is 0 Å². The van der Waals surface area contributed by atoms with Gasteiger partial charge in [-0.2, -0.15) is 26.3 Å². The molecule has 0 N–H and O–H groups in total. The van der Waals surface area contributed by atoms with E-state index in [4.69, 9.17) is 11.6 Å². The molecule has 0 saturated heterocycles. The molecule has 0 aromatic heterocycles. The third-order valence-electron chi connectivity index (χ3n) is 1.79. The molecule has 0 spiro atoms. The van der Waals surface area contributed by atoms with Crippen LogP contribution in [-0.2, 0) is 18.2 Å². The standard InChI is InChI=1S/C9H4ClF6/c10-4-5-2-1-3-6(8(11,12)13)7(5)9(14,15)16/h1-2H,4H2. The highest BCUT2D eigenvalue weighted by molar-refractivity contribution is 6.17. The minimum atomic E-state index is -5.10. The fourth-order valence-electron chi connectivity index (χ4n) is 1.20. The Morgan fingerprint density at radius 1 is 1.06 bits per heavy atom. The van der Waals surface area contributed by atoms with Crippen LogP contribution in [0, 0.1) is 6.07 Å². The number of halogens is 7. The van der Waals surface area contributed by atoms with Crippen LogP contribution in [0.2, 0.25) is 0 Å². The van der Waals surface area contributed by atoms with Gasteiger partial charge in [0.2, 0.25) is 0 Å². The van der Waals surface area contributed by atoms with Crippen molar-refractivity contribution in [3.63, 3.8) is 0 Å². The van der Waals surface area contributed by atoms with Crippen molar-refractivity contribution in [1.29, 1.82) is 0 Å². The summed E-state index contributed by atoms with van der Waals surface area (Å²) in [5, 5.41) is 0. The van der Waals surface area contributed by atoms with Gasteiger partial charge < -0.3 is 0 Å². The summed E-state index contributed by atoms with van der Waals surface area (Å²) < 4.78 is 74.3. The lowest BCUT2D eigenvalue weighted by atomic mass is 10.0. The van der Waals surface area contributed by atoms with Gasteiger partial charge in [0.1, 0.15) is 0 Å². The zero-order valence-corrected chi connectivity index (χ0v) is 8.26. The fourth-order valence-corrected chi connectivity index (χ4v) is 1.42. The fraction of sp³-hybridized carbons (Fsp3) is 0.333. The van der Waals surface area contributed by atoms with Crippen LogP contribution in [0.3, 0.4) is 0 Å². The summed E-state index contributed by atoms with van der Waals surface area (Å²) in [6, 6.07) is 3.19. The quantitative estimate of drug-likeness (QED) is 0.523. The Morgan fingerprint density at radius 2 is 1.62 bits per heavy atom. The van der Waals surface area contributed by atoms with E-state index in [1.165, 1.54) is 0 Å². The Morgan fingerprint density at radius 3 is 2.00 bits per heavy atom. The van der Waals surface area contributed by atoms with E-state index in [9.17, 15) is 26.3 Å². The minimum absolute atomic E-state index is 0.611. The molecule has 0 aliphatic heterocycles. The second-order valence-corrected chi connectivity index (χ2v) is 3.15. The maximum absolute atomic E-state index is 12.4. The van der Waals surface area contributed by atoms with Crippen molar-refractivity contribution in [2.75, 3.05) is 0 Å². The number of benzene rings is 1. The largest absolute Gasteiger partial charge is 0.417 e. The van der Waals surface area contributed by atoms with Crippen LogP contribution in [0.4, 0.5) is 26.3 Å². The zero-order valence-electron chi connectivity index (χ0n) is 7.51. The van der Waals surface area contributed by atoms with E-state index in [-0.39, 0.29) is 0 Å². The number of hydrogen-bond acceptors (Lipinski definition) is 0. The SMILES string of the molecule is FC(F)(F)c1[c]ccc(CCl)c1C(F)(F)F. The van der Waals surface area contributed by atoms with Gasteiger partial charge in [-0.25, -0.2) is 0 Å². The van der Waals surface area contributed by atoms with Gasteiger partial charge >= 0.3 is 12.4 Å². The van der Waals surface area contributed by atoms with Crippen molar-refractivity contribution in [3.8, 4) is 0 Å². The molecule has 16 heavy (non-hydrogen) atoms. The first kappa shape index (κ1) is 13.2. The van der Waals surface area contributed by atoms with Crippen LogP contribution in [0.1, 0.15) is 16.7 Å². The summed E-state index contributed by atoms with van der Waals surface area (Å²) in [6.07, 6.45) is -10.2. The van der Waals surface area contributed by atoms with Crippen molar-refractivity contribution in [2.24, 2.45) is 0 Å². The average molecular weight is 262 g/mol. The molecule has 1 rings (SSSR count). The van der Waals surface area contributed by atoms with Crippen LogP contribution in [-0.4, -0.2) is 0 Å². The van der Waals surface area contributed by atoms with E-state index < -0.39 is 34.9 Å². The zero-order chi connectivity index (χ0) is 12.6. The molecule has 1 radical (unpaired) electrons. The molecule has 0 aliphatic rings. The smallest absolute Gasteiger partial charge is 0.166 e. The van der Waals surface area contributed by atoms with Gasteiger partial charge in [0, 0.05) is 5.88 Å². The molecule has 0 nitrogen and oxygen atoms in total. The molecule has 0 fully saturated rings. The summed E-state index contributed by atoms with van der Waals surface area (Å²) in [4.78, 5) is 0. The Labute approximate surface area is 91.8 Å². The van der Waals surface area contributed by atoms with E-state index in [0.29, 0.717) is 0 Å².